The van der Waals surface area contributed by atoms with Crippen LogP contribution in [0, 0.1) is 0 Å². The number of nitrogens with one attached hydrogen (secondary N) is 2. The summed E-state index contributed by atoms with van der Waals surface area (Å²) in [5.41, 5.74) is 1.87. The van der Waals surface area contributed by atoms with Crippen LogP contribution in [0.1, 0.15) is 34.1 Å². The van der Waals surface area contributed by atoms with Crippen LogP contribution in [-0.2, 0) is 0 Å². The van der Waals surface area contributed by atoms with E-state index >= 15 is 0 Å². The highest BCUT2D eigenvalue weighted by molar-refractivity contribution is 4.84. The molecule has 0 aromatic heterocycles. The number of allylic oxidation sites excluding steroid dienone is 2. The molecule has 0 fully saturated rings. The van der Waals surface area contributed by atoms with E-state index in [9.17, 15) is 4.39 Å². The molecule has 0 aliphatic heterocycles. The molecule has 3 heteroatoms. The molecule has 2 N–H and O–H groups in total. The SMILES string of the molecule is C=C(C)NCC(C)F.C=C(C)NCCC. The third kappa shape index (κ3) is 24.6. The Hall–Kier alpha value is -0.990. The van der Waals surface area contributed by atoms with Gasteiger partial charge < -0.3 is 10.6 Å². The van der Waals surface area contributed by atoms with Crippen molar-refractivity contribution in [1.82, 2.24) is 10.6 Å². The number of alkyl halides is 1. The fourth-order valence-corrected chi connectivity index (χ4v) is 0.653. The monoisotopic (exact) mass is 216 g/mol. The number of hydrogen-bond donors (Lipinski definition) is 2. The van der Waals surface area contributed by atoms with Crippen molar-refractivity contribution in [3.63, 3.8) is 0 Å². The zero-order chi connectivity index (χ0) is 12.3. The van der Waals surface area contributed by atoms with Gasteiger partial charge in [0.25, 0.3) is 0 Å². The van der Waals surface area contributed by atoms with Gasteiger partial charge in [0.15, 0.2) is 0 Å². The van der Waals surface area contributed by atoms with Crippen molar-refractivity contribution in [3.8, 4) is 0 Å². The lowest BCUT2D eigenvalue weighted by Gasteiger charge is -2.03. The van der Waals surface area contributed by atoms with Gasteiger partial charge in [-0.05, 0) is 27.2 Å². The summed E-state index contributed by atoms with van der Waals surface area (Å²) in [5, 5.41) is 5.88. The van der Waals surface area contributed by atoms with E-state index in [1.54, 1.807) is 0 Å². The smallest absolute Gasteiger partial charge is 0.114 e. The summed E-state index contributed by atoms with van der Waals surface area (Å²) >= 11 is 0. The normalized spacial score (nSPS) is 10.7. The first-order valence-electron chi connectivity index (χ1n) is 5.33. The summed E-state index contributed by atoms with van der Waals surface area (Å²) in [7, 11) is 0. The van der Waals surface area contributed by atoms with Crippen LogP contribution in [0.3, 0.4) is 0 Å². The Morgan fingerprint density at radius 2 is 1.67 bits per heavy atom. The molecule has 1 unspecified atom stereocenters. The van der Waals surface area contributed by atoms with Gasteiger partial charge in [0.05, 0.1) is 0 Å². The molecule has 1 atom stereocenters. The number of rotatable bonds is 6. The van der Waals surface area contributed by atoms with Crippen LogP contribution < -0.4 is 10.6 Å². The van der Waals surface area contributed by atoms with Crippen molar-refractivity contribution in [3.05, 3.63) is 24.6 Å². The maximum Gasteiger partial charge on any atom is 0.114 e. The predicted molar refractivity (Wildman–Crippen MR) is 66.5 cm³/mol. The highest BCUT2D eigenvalue weighted by atomic mass is 19.1. The molecular weight excluding hydrogens is 191 g/mol. The van der Waals surface area contributed by atoms with E-state index in [0.29, 0.717) is 6.54 Å². The number of halogens is 1. The second-order valence-electron chi connectivity index (χ2n) is 3.65. The molecule has 0 radical (unpaired) electrons. The third-order valence-corrected chi connectivity index (χ3v) is 1.36. The van der Waals surface area contributed by atoms with Gasteiger partial charge in [0.2, 0.25) is 0 Å². The maximum absolute atomic E-state index is 12.0. The summed E-state index contributed by atoms with van der Waals surface area (Å²) in [6, 6.07) is 0. The van der Waals surface area contributed by atoms with Crippen LogP contribution in [0.25, 0.3) is 0 Å². The largest absolute Gasteiger partial charge is 0.389 e. The molecule has 0 saturated heterocycles. The van der Waals surface area contributed by atoms with Crippen LogP contribution in [-0.4, -0.2) is 19.3 Å². The fraction of sp³-hybridized carbons (Fsp3) is 0.667. The van der Waals surface area contributed by atoms with E-state index in [2.05, 4.69) is 30.7 Å². The maximum atomic E-state index is 12.0. The minimum absolute atomic E-state index is 0.370. The lowest BCUT2D eigenvalue weighted by Crippen LogP contribution is -2.19. The minimum Gasteiger partial charge on any atom is -0.389 e. The van der Waals surface area contributed by atoms with Gasteiger partial charge in [0.1, 0.15) is 6.17 Å². The molecule has 0 rings (SSSR count). The molecule has 0 amide bonds. The van der Waals surface area contributed by atoms with Gasteiger partial charge >= 0.3 is 0 Å². The van der Waals surface area contributed by atoms with E-state index in [1.165, 1.54) is 13.3 Å². The molecule has 2 nitrogen and oxygen atoms in total. The summed E-state index contributed by atoms with van der Waals surface area (Å²) < 4.78 is 12.0. The Balaban J connectivity index is 0. The molecule has 0 spiro atoms. The fourth-order valence-electron chi connectivity index (χ4n) is 0.653. The van der Waals surface area contributed by atoms with Crippen LogP contribution >= 0.6 is 0 Å². The second-order valence-corrected chi connectivity index (χ2v) is 3.65. The van der Waals surface area contributed by atoms with Crippen LogP contribution in [0.4, 0.5) is 4.39 Å². The Kier molecular flexibility index (Phi) is 12.2. The predicted octanol–water partition coefficient (Wildman–Crippen LogP) is 2.99. The Morgan fingerprint density at radius 1 is 1.20 bits per heavy atom. The van der Waals surface area contributed by atoms with Gasteiger partial charge in [-0.3, -0.25) is 0 Å². The van der Waals surface area contributed by atoms with Gasteiger partial charge in [-0.25, -0.2) is 4.39 Å². The lowest BCUT2D eigenvalue weighted by molar-refractivity contribution is 0.354. The second kappa shape index (κ2) is 11.1. The molecule has 0 aliphatic rings. The number of hydrogen-bond acceptors (Lipinski definition) is 2. The van der Waals surface area contributed by atoms with Crippen molar-refractivity contribution >= 4 is 0 Å². The molecular formula is C12H25FN2. The molecule has 15 heavy (non-hydrogen) atoms. The summed E-state index contributed by atoms with van der Waals surface area (Å²) in [5.74, 6) is 0. The van der Waals surface area contributed by atoms with Gasteiger partial charge in [-0.2, -0.15) is 0 Å². The third-order valence-electron chi connectivity index (χ3n) is 1.36. The summed E-state index contributed by atoms with van der Waals surface area (Å²) in [4.78, 5) is 0. The van der Waals surface area contributed by atoms with Crippen LogP contribution in [0.5, 0.6) is 0 Å². The molecule has 0 aromatic rings. The van der Waals surface area contributed by atoms with Gasteiger partial charge in [0, 0.05) is 24.5 Å². The summed E-state index contributed by atoms with van der Waals surface area (Å²) in [6.45, 7) is 16.1. The van der Waals surface area contributed by atoms with Crippen molar-refractivity contribution in [2.45, 2.75) is 40.3 Å². The average Bonchev–Trinajstić information content (AvgIpc) is 2.12. The molecule has 0 aliphatic carbocycles. The topological polar surface area (TPSA) is 24.1 Å². The van der Waals surface area contributed by atoms with Crippen molar-refractivity contribution < 1.29 is 4.39 Å². The van der Waals surface area contributed by atoms with Crippen molar-refractivity contribution in [1.29, 1.82) is 0 Å². The average molecular weight is 216 g/mol. The summed E-state index contributed by atoms with van der Waals surface area (Å²) in [6.07, 6.45) is 0.388. The van der Waals surface area contributed by atoms with Crippen molar-refractivity contribution in [2.24, 2.45) is 0 Å². The van der Waals surface area contributed by atoms with Gasteiger partial charge in [-0.15, -0.1) is 0 Å². The zero-order valence-electron chi connectivity index (χ0n) is 10.5. The van der Waals surface area contributed by atoms with E-state index in [-0.39, 0.29) is 0 Å². The standard InChI is InChI=1S/C6H12FN.C6H13N/c1-5(2)8-4-6(3)7;1-4-5-7-6(2)3/h6,8H,1,4H2,2-3H3;7H,2,4-5H2,1,3H3. The zero-order valence-corrected chi connectivity index (χ0v) is 10.5. The minimum atomic E-state index is -0.785. The Bertz CT molecular complexity index is 176. The molecule has 0 aromatic carbocycles. The van der Waals surface area contributed by atoms with E-state index in [1.807, 2.05) is 13.8 Å². The van der Waals surface area contributed by atoms with Gasteiger partial charge in [-0.1, -0.05) is 20.1 Å². The first-order valence-corrected chi connectivity index (χ1v) is 5.33. The van der Waals surface area contributed by atoms with Crippen molar-refractivity contribution in [2.75, 3.05) is 13.1 Å². The molecule has 0 heterocycles. The van der Waals surface area contributed by atoms with Crippen LogP contribution in [0.2, 0.25) is 0 Å². The quantitative estimate of drug-likeness (QED) is 0.713. The van der Waals surface area contributed by atoms with Crippen LogP contribution in [0.15, 0.2) is 24.6 Å². The molecule has 90 valence electrons. The highest BCUT2D eigenvalue weighted by Crippen LogP contribution is 1.85. The van der Waals surface area contributed by atoms with E-state index in [0.717, 1.165) is 17.9 Å². The first-order chi connectivity index (χ1) is 6.90. The van der Waals surface area contributed by atoms with E-state index in [4.69, 9.17) is 0 Å². The highest BCUT2D eigenvalue weighted by Gasteiger charge is 1.93. The lowest BCUT2D eigenvalue weighted by atomic mass is 10.4. The molecule has 0 saturated carbocycles. The molecule has 0 bridgehead atoms. The Morgan fingerprint density at radius 3 is 1.80 bits per heavy atom. The van der Waals surface area contributed by atoms with E-state index < -0.39 is 6.17 Å². The first kappa shape index (κ1) is 16.4. The Labute approximate surface area is 93.6 Å².